The summed E-state index contributed by atoms with van der Waals surface area (Å²) in [6.45, 7) is 0.881. The molecule has 1 aromatic heterocycles. The molecule has 2 N–H and O–H groups in total. The van der Waals surface area contributed by atoms with Crippen LogP contribution in [0.1, 0.15) is 5.56 Å². The third-order valence-electron chi connectivity index (χ3n) is 3.81. The first-order valence-electron chi connectivity index (χ1n) is 7.21. The Bertz CT molecular complexity index is 787. The quantitative estimate of drug-likeness (QED) is 0.855. The molecule has 0 aliphatic carbocycles. The Balaban J connectivity index is 2.01. The van der Waals surface area contributed by atoms with Crippen molar-refractivity contribution in [2.45, 2.75) is 6.42 Å². The summed E-state index contributed by atoms with van der Waals surface area (Å²) in [5, 5.41) is 17.9. The first-order chi connectivity index (χ1) is 11.3. The van der Waals surface area contributed by atoms with Crippen molar-refractivity contribution < 1.29 is 0 Å². The van der Waals surface area contributed by atoms with E-state index < -0.39 is 0 Å². The number of nitriles is 2. The molecule has 0 saturated carbocycles. The molecule has 114 valence electrons. The number of nitrogens with zero attached hydrogens (tertiary/aromatic N) is 6. The predicted molar refractivity (Wildman–Crippen MR) is 87.0 cm³/mol. The van der Waals surface area contributed by atoms with Gasteiger partial charge >= 0.3 is 0 Å². The van der Waals surface area contributed by atoms with E-state index >= 15 is 0 Å². The van der Waals surface area contributed by atoms with Crippen LogP contribution in [0.5, 0.6) is 0 Å². The van der Waals surface area contributed by atoms with E-state index in [4.69, 9.17) is 16.3 Å². The fourth-order valence-electron chi connectivity index (χ4n) is 2.78. The summed E-state index contributed by atoms with van der Waals surface area (Å²) in [6, 6.07) is 12.2. The van der Waals surface area contributed by atoms with Crippen LogP contribution in [0.15, 0.2) is 30.6 Å². The minimum absolute atomic E-state index is 0.0464. The highest BCUT2D eigenvalue weighted by atomic mass is 15.3. The Morgan fingerprint density at radius 2 is 1.91 bits per heavy atom. The number of rotatable bonds is 4. The third-order valence-corrected chi connectivity index (χ3v) is 3.81. The van der Waals surface area contributed by atoms with Crippen molar-refractivity contribution in [3.8, 4) is 12.1 Å². The molecule has 0 fully saturated rings. The zero-order valence-corrected chi connectivity index (χ0v) is 12.5. The molecule has 0 bridgehead atoms. The third kappa shape index (κ3) is 2.60. The highest BCUT2D eigenvalue weighted by Crippen LogP contribution is 2.38. The van der Waals surface area contributed by atoms with E-state index in [1.54, 1.807) is 4.90 Å². The van der Waals surface area contributed by atoms with Gasteiger partial charge in [-0.05, 0) is 18.1 Å². The van der Waals surface area contributed by atoms with E-state index in [0.29, 0.717) is 17.3 Å². The van der Waals surface area contributed by atoms with Crippen molar-refractivity contribution in [1.82, 2.24) is 9.97 Å². The average Bonchev–Trinajstić information content (AvgIpc) is 2.99. The van der Waals surface area contributed by atoms with Gasteiger partial charge in [0.1, 0.15) is 25.1 Å². The molecule has 1 aliphatic heterocycles. The maximum absolute atomic E-state index is 8.93. The fourth-order valence-corrected chi connectivity index (χ4v) is 2.78. The van der Waals surface area contributed by atoms with E-state index in [-0.39, 0.29) is 13.1 Å². The summed E-state index contributed by atoms with van der Waals surface area (Å²) in [5.74, 6) is 1.03. The molecule has 0 radical (unpaired) electrons. The van der Waals surface area contributed by atoms with Gasteiger partial charge in [0, 0.05) is 12.2 Å². The van der Waals surface area contributed by atoms with Gasteiger partial charge in [0.25, 0.3) is 0 Å². The van der Waals surface area contributed by atoms with Crippen molar-refractivity contribution >= 4 is 23.0 Å². The lowest BCUT2D eigenvalue weighted by Crippen LogP contribution is -2.27. The standard InChI is InChI=1S/C16H15N7/c17-6-9-22(10-7-18)15-14(19)16(21-11-20-15)23-8-5-12-3-1-2-4-13(12)23/h1-4,11H,5,8-10,19H2. The average molecular weight is 305 g/mol. The maximum atomic E-state index is 8.93. The fraction of sp³-hybridized carbons (Fsp3) is 0.250. The molecule has 2 heterocycles. The van der Waals surface area contributed by atoms with E-state index in [2.05, 4.69) is 16.0 Å². The van der Waals surface area contributed by atoms with Gasteiger partial charge in [0.2, 0.25) is 0 Å². The van der Waals surface area contributed by atoms with Crippen LogP contribution >= 0.6 is 0 Å². The Labute approximate surface area is 134 Å². The number of benzene rings is 1. The van der Waals surface area contributed by atoms with Crippen LogP contribution in [0.25, 0.3) is 0 Å². The van der Waals surface area contributed by atoms with Gasteiger partial charge in [0.15, 0.2) is 11.6 Å². The largest absolute Gasteiger partial charge is 0.393 e. The van der Waals surface area contributed by atoms with Crippen molar-refractivity contribution in [3.63, 3.8) is 0 Å². The van der Waals surface area contributed by atoms with Crippen molar-refractivity contribution in [2.75, 3.05) is 35.2 Å². The Morgan fingerprint density at radius 3 is 2.65 bits per heavy atom. The smallest absolute Gasteiger partial charge is 0.161 e. The highest BCUT2D eigenvalue weighted by molar-refractivity contribution is 5.81. The van der Waals surface area contributed by atoms with E-state index in [0.717, 1.165) is 18.7 Å². The number of fused-ring (bicyclic) bond motifs is 1. The van der Waals surface area contributed by atoms with E-state index in [1.165, 1.54) is 11.9 Å². The molecule has 23 heavy (non-hydrogen) atoms. The van der Waals surface area contributed by atoms with Crippen LogP contribution in [0.3, 0.4) is 0 Å². The minimum atomic E-state index is 0.0464. The molecule has 0 saturated heterocycles. The van der Waals surface area contributed by atoms with Crippen molar-refractivity contribution in [2.24, 2.45) is 0 Å². The molecule has 2 aromatic rings. The van der Waals surface area contributed by atoms with Gasteiger partial charge in [-0.25, -0.2) is 9.97 Å². The second-order valence-electron chi connectivity index (χ2n) is 5.14. The molecule has 7 nitrogen and oxygen atoms in total. The van der Waals surface area contributed by atoms with Gasteiger partial charge in [-0.3, -0.25) is 0 Å². The molecule has 0 atom stereocenters. The topological polar surface area (TPSA) is 106 Å². The first-order valence-corrected chi connectivity index (χ1v) is 7.21. The molecule has 1 aromatic carbocycles. The van der Waals surface area contributed by atoms with E-state index in [1.807, 2.05) is 35.2 Å². The number of aromatic nitrogens is 2. The predicted octanol–water partition coefficient (Wildman–Crippen LogP) is 1.61. The first kappa shape index (κ1) is 14.6. The van der Waals surface area contributed by atoms with Gasteiger partial charge in [0.05, 0.1) is 12.1 Å². The Hall–Kier alpha value is -3.32. The van der Waals surface area contributed by atoms with E-state index in [9.17, 15) is 0 Å². The zero-order valence-electron chi connectivity index (χ0n) is 12.5. The SMILES string of the molecule is N#CCN(CC#N)c1ncnc(N2CCc3ccccc32)c1N. The number of hydrogen-bond donors (Lipinski definition) is 1. The lowest BCUT2D eigenvalue weighted by atomic mass is 10.2. The number of para-hydroxylation sites is 1. The molecular weight excluding hydrogens is 290 g/mol. The van der Waals surface area contributed by atoms with Crippen LogP contribution in [0, 0.1) is 22.7 Å². The van der Waals surface area contributed by atoms with Gasteiger partial charge in [-0.2, -0.15) is 10.5 Å². The molecule has 0 spiro atoms. The number of hydrogen-bond acceptors (Lipinski definition) is 7. The summed E-state index contributed by atoms with van der Waals surface area (Å²) in [6.07, 6.45) is 2.35. The summed E-state index contributed by atoms with van der Waals surface area (Å²) in [5.41, 5.74) is 8.97. The van der Waals surface area contributed by atoms with Gasteiger partial charge in [-0.1, -0.05) is 18.2 Å². The van der Waals surface area contributed by atoms with Crippen LogP contribution < -0.4 is 15.5 Å². The lowest BCUT2D eigenvalue weighted by molar-refractivity contribution is 0.915. The molecule has 7 heteroatoms. The molecule has 1 aliphatic rings. The summed E-state index contributed by atoms with van der Waals surface area (Å²) < 4.78 is 0. The molecular formula is C16H15N7. The summed E-state index contributed by atoms with van der Waals surface area (Å²) in [4.78, 5) is 12.1. The highest BCUT2D eigenvalue weighted by Gasteiger charge is 2.25. The summed E-state index contributed by atoms with van der Waals surface area (Å²) in [7, 11) is 0. The summed E-state index contributed by atoms with van der Waals surface area (Å²) >= 11 is 0. The van der Waals surface area contributed by atoms with Crippen LogP contribution in [-0.4, -0.2) is 29.6 Å². The Morgan fingerprint density at radius 1 is 1.17 bits per heavy atom. The van der Waals surface area contributed by atoms with Crippen molar-refractivity contribution in [3.05, 3.63) is 36.2 Å². The van der Waals surface area contributed by atoms with Crippen LogP contribution in [0.2, 0.25) is 0 Å². The molecule has 0 amide bonds. The van der Waals surface area contributed by atoms with Gasteiger partial charge in [-0.15, -0.1) is 0 Å². The van der Waals surface area contributed by atoms with Gasteiger partial charge < -0.3 is 15.5 Å². The zero-order chi connectivity index (χ0) is 16.2. The maximum Gasteiger partial charge on any atom is 0.161 e. The number of nitrogens with two attached hydrogens (primary N) is 1. The number of anilines is 4. The second-order valence-corrected chi connectivity index (χ2v) is 5.14. The van der Waals surface area contributed by atoms with Crippen LogP contribution in [0.4, 0.5) is 23.0 Å². The lowest BCUT2D eigenvalue weighted by Gasteiger charge is -2.24. The van der Waals surface area contributed by atoms with Crippen molar-refractivity contribution in [1.29, 1.82) is 10.5 Å². The number of nitrogen functional groups attached to an aromatic ring is 1. The normalized spacial score (nSPS) is 12.3. The minimum Gasteiger partial charge on any atom is -0.393 e. The molecule has 3 rings (SSSR count). The monoisotopic (exact) mass is 305 g/mol. The second kappa shape index (κ2) is 6.20. The molecule has 0 unspecified atom stereocenters. The van der Waals surface area contributed by atoms with Crippen LogP contribution in [-0.2, 0) is 6.42 Å². The Kier molecular flexibility index (Phi) is 3.94.